The van der Waals surface area contributed by atoms with Gasteiger partial charge in [-0.3, -0.25) is 4.68 Å². The van der Waals surface area contributed by atoms with Gasteiger partial charge in [-0.15, -0.1) is 11.6 Å². The van der Waals surface area contributed by atoms with Crippen LogP contribution >= 0.6 is 23.1 Å². The lowest BCUT2D eigenvalue weighted by atomic mass is 10.2. The Hall–Kier alpha value is -2.06. The third-order valence-corrected chi connectivity index (χ3v) is 5.05. The van der Waals surface area contributed by atoms with Crippen molar-refractivity contribution in [1.82, 2.24) is 24.1 Å². The molecule has 1 N–H and O–H groups in total. The number of hydrogen-bond acceptors (Lipinski definition) is 6. The third kappa shape index (κ3) is 3.25. The Morgan fingerprint density at radius 1 is 1.42 bits per heavy atom. The van der Waals surface area contributed by atoms with E-state index in [2.05, 4.69) is 24.8 Å². The van der Waals surface area contributed by atoms with E-state index in [1.807, 2.05) is 13.0 Å². The van der Waals surface area contributed by atoms with Crippen LogP contribution in [0.4, 0.5) is 15.3 Å². The Morgan fingerprint density at radius 2 is 2.25 bits per heavy atom. The number of hydrogen-bond donors (Lipinski definition) is 1. The molecule has 24 heavy (non-hydrogen) atoms. The molecule has 0 spiro atoms. The number of halogens is 2. The Bertz CT molecular complexity index is 888. The molecule has 0 unspecified atom stereocenters. The fraction of sp³-hybridized carbons (Fsp3) is 0.333. The summed E-state index contributed by atoms with van der Waals surface area (Å²) in [6.45, 7) is 2.52. The molecule has 0 aliphatic heterocycles. The third-order valence-electron chi connectivity index (χ3n) is 3.75. The van der Waals surface area contributed by atoms with Crippen molar-refractivity contribution in [3.63, 3.8) is 0 Å². The van der Waals surface area contributed by atoms with Crippen LogP contribution < -0.4 is 5.32 Å². The highest BCUT2D eigenvalue weighted by molar-refractivity contribution is 7.10. The molecule has 1 fully saturated rings. The predicted molar refractivity (Wildman–Crippen MR) is 91.2 cm³/mol. The minimum atomic E-state index is -0.493. The second-order valence-corrected chi connectivity index (χ2v) is 7.53. The molecule has 0 atom stereocenters. The van der Waals surface area contributed by atoms with E-state index in [0.717, 1.165) is 29.7 Å². The van der Waals surface area contributed by atoms with E-state index in [1.165, 1.54) is 11.5 Å². The highest BCUT2D eigenvalue weighted by Crippen LogP contribution is 2.43. The molecule has 3 heterocycles. The number of rotatable bonds is 5. The summed E-state index contributed by atoms with van der Waals surface area (Å²) in [5.41, 5.74) is 1.71. The Morgan fingerprint density at radius 3 is 2.96 bits per heavy atom. The van der Waals surface area contributed by atoms with Crippen molar-refractivity contribution in [3.05, 3.63) is 36.2 Å². The van der Waals surface area contributed by atoms with Gasteiger partial charge in [-0.1, -0.05) is 0 Å². The Balaban J connectivity index is 1.59. The summed E-state index contributed by atoms with van der Waals surface area (Å²) < 4.78 is 20.0. The molecule has 4 rings (SSSR count). The van der Waals surface area contributed by atoms with Crippen molar-refractivity contribution >= 4 is 34.1 Å². The standard InChI is InChI=1S/C15H14ClFN6S/c1-9-4-12(24-22-9)20-14-18-6-11(17)13(21-14)10-5-19-23(7-10)8-15(16)2-3-15/h4-7H,2-3,8H2,1H3,(H,18,20,21). The molecular formula is C15H14ClFN6S. The highest BCUT2D eigenvalue weighted by Gasteiger charge is 2.41. The van der Waals surface area contributed by atoms with Crippen LogP contribution in [0.5, 0.6) is 0 Å². The Kier molecular flexibility index (Phi) is 3.73. The first kappa shape index (κ1) is 15.5. The lowest BCUT2D eigenvalue weighted by molar-refractivity contribution is 0.583. The fourth-order valence-electron chi connectivity index (χ4n) is 2.32. The molecule has 1 aliphatic rings. The summed E-state index contributed by atoms with van der Waals surface area (Å²) in [6.07, 6.45) is 6.46. The molecule has 0 bridgehead atoms. The quantitative estimate of drug-likeness (QED) is 0.698. The monoisotopic (exact) mass is 364 g/mol. The summed E-state index contributed by atoms with van der Waals surface area (Å²) in [4.78, 5) is 8.06. The zero-order valence-corrected chi connectivity index (χ0v) is 14.4. The van der Waals surface area contributed by atoms with Crippen LogP contribution in [0.15, 0.2) is 24.7 Å². The van der Waals surface area contributed by atoms with Gasteiger partial charge in [0.15, 0.2) is 5.82 Å². The lowest BCUT2D eigenvalue weighted by Crippen LogP contribution is -2.11. The molecule has 9 heteroatoms. The first-order chi connectivity index (χ1) is 11.5. The molecule has 1 aliphatic carbocycles. The molecule has 0 aromatic carbocycles. The summed E-state index contributed by atoms with van der Waals surface area (Å²) in [6, 6.07) is 1.88. The lowest BCUT2D eigenvalue weighted by Gasteiger charge is -2.06. The largest absolute Gasteiger partial charge is 0.314 e. The van der Waals surface area contributed by atoms with Gasteiger partial charge in [0.25, 0.3) is 0 Å². The first-order valence-electron chi connectivity index (χ1n) is 7.45. The van der Waals surface area contributed by atoms with Crippen LogP contribution in [0.25, 0.3) is 11.3 Å². The van der Waals surface area contributed by atoms with Gasteiger partial charge in [0.2, 0.25) is 5.95 Å². The zero-order chi connectivity index (χ0) is 16.7. The number of nitrogens with zero attached hydrogens (tertiary/aromatic N) is 5. The van der Waals surface area contributed by atoms with E-state index in [9.17, 15) is 4.39 Å². The molecular weight excluding hydrogens is 351 g/mol. The minimum Gasteiger partial charge on any atom is -0.314 e. The second kappa shape index (κ2) is 5.78. The fourth-order valence-corrected chi connectivity index (χ4v) is 3.19. The molecule has 0 saturated heterocycles. The van der Waals surface area contributed by atoms with Gasteiger partial charge >= 0.3 is 0 Å². The Labute approximate surface area is 146 Å². The molecule has 124 valence electrons. The molecule has 0 amide bonds. The van der Waals surface area contributed by atoms with Crippen LogP contribution in [0, 0.1) is 12.7 Å². The van der Waals surface area contributed by atoms with E-state index in [4.69, 9.17) is 11.6 Å². The molecule has 0 radical (unpaired) electrons. The molecule has 3 aromatic heterocycles. The van der Waals surface area contributed by atoms with Crippen LogP contribution in [-0.4, -0.2) is 29.0 Å². The van der Waals surface area contributed by atoms with Crippen molar-refractivity contribution in [1.29, 1.82) is 0 Å². The van der Waals surface area contributed by atoms with Crippen LogP contribution in [0.3, 0.4) is 0 Å². The van der Waals surface area contributed by atoms with Crippen molar-refractivity contribution in [2.45, 2.75) is 31.2 Å². The van der Waals surface area contributed by atoms with Gasteiger partial charge in [-0.2, -0.15) is 9.47 Å². The molecule has 3 aromatic rings. The van der Waals surface area contributed by atoms with E-state index < -0.39 is 5.82 Å². The maximum Gasteiger partial charge on any atom is 0.228 e. The summed E-state index contributed by atoms with van der Waals surface area (Å²) in [5, 5.41) is 8.09. The number of aromatic nitrogens is 5. The number of alkyl halides is 1. The van der Waals surface area contributed by atoms with Crippen LogP contribution in [0.2, 0.25) is 0 Å². The van der Waals surface area contributed by atoms with Gasteiger partial charge in [0, 0.05) is 11.8 Å². The van der Waals surface area contributed by atoms with E-state index in [1.54, 1.807) is 17.1 Å². The van der Waals surface area contributed by atoms with Gasteiger partial charge in [0.05, 0.1) is 29.5 Å². The van der Waals surface area contributed by atoms with Gasteiger partial charge in [-0.25, -0.2) is 14.4 Å². The normalized spacial score (nSPS) is 15.5. The average Bonchev–Trinajstić information content (AvgIpc) is 2.94. The SMILES string of the molecule is Cc1cc(Nc2ncc(F)c(-c3cnn(CC4(Cl)CC4)c3)n2)sn1. The number of anilines is 2. The van der Waals surface area contributed by atoms with Crippen LogP contribution in [-0.2, 0) is 6.54 Å². The van der Waals surface area contributed by atoms with Crippen molar-refractivity contribution < 1.29 is 4.39 Å². The average molecular weight is 365 g/mol. The van der Waals surface area contributed by atoms with Crippen molar-refractivity contribution in [2.24, 2.45) is 0 Å². The van der Waals surface area contributed by atoms with Gasteiger partial charge < -0.3 is 5.32 Å². The minimum absolute atomic E-state index is 0.190. The number of aryl methyl sites for hydroxylation is 1. The highest BCUT2D eigenvalue weighted by atomic mass is 35.5. The topological polar surface area (TPSA) is 68.5 Å². The molecule has 1 saturated carbocycles. The maximum atomic E-state index is 14.1. The van der Waals surface area contributed by atoms with E-state index in [-0.39, 0.29) is 10.6 Å². The van der Waals surface area contributed by atoms with Crippen LogP contribution in [0.1, 0.15) is 18.5 Å². The number of nitrogens with one attached hydrogen (secondary N) is 1. The van der Waals surface area contributed by atoms with Crippen molar-refractivity contribution in [3.8, 4) is 11.3 Å². The van der Waals surface area contributed by atoms with Gasteiger partial charge in [0.1, 0.15) is 10.7 Å². The van der Waals surface area contributed by atoms with Crippen molar-refractivity contribution in [2.75, 3.05) is 5.32 Å². The first-order valence-corrected chi connectivity index (χ1v) is 8.61. The smallest absolute Gasteiger partial charge is 0.228 e. The second-order valence-electron chi connectivity index (χ2n) is 5.93. The van der Waals surface area contributed by atoms with E-state index in [0.29, 0.717) is 18.1 Å². The van der Waals surface area contributed by atoms with E-state index >= 15 is 0 Å². The summed E-state index contributed by atoms with van der Waals surface area (Å²) in [7, 11) is 0. The predicted octanol–water partition coefficient (Wildman–Crippen LogP) is 3.76. The summed E-state index contributed by atoms with van der Waals surface area (Å²) >= 11 is 7.61. The zero-order valence-electron chi connectivity index (χ0n) is 12.8. The maximum absolute atomic E-state index is 14.1. The molecule has 6 nitrogen and oxygen atoms in total. The van der Waals surface area contributed by atoms with Gasteiger partial charge in [-0.05, 0) is 37.4 Å². The summed E-state index contributed by atoms with van der Waals surface area (Å²) in [5.74, 6) is -0.175.